The van der Waals surface area contributed by atoms with Crippen molar-refractivity contribution >= 4 is 5.78 Å². The van der Waals surface area contributed by atoms with E-state index in [4.69, 9.17) is 4.74 Å². The van der Waals surface area contributed by atoms with E-state index in [1.54, 1.807) is 13.8 Å². The predicted octanol–water partition coefficient (Wildman–Crippen LogP) is 4.71. The first-order valence-electron chi connectivity index (χ1n) is 10.1. The van der Waals surface area contributed by atoms with Crippen LogP contribution in [0.2, 0.25) is 0 Å². The average molecular weight is 416 g/mol. The fourth-order valence-corrected chi connectivity index (χ4v) is 3.78. The molecule has 0 bridgehead atoms. The molecular weight excluding hydrogens is 385 g/mol. The standard InChI is InChI=1S/C21H31F3N2O3/c1-5-15-13-26(4)12-10-16(15)8-9-18(27)20(2,3)14-28-19-17(7-6-11-25-19)29-21(22,23)24/h6-7,11,15-16H,5,8-10,12-14H2,1-4H3/t15-,16-/m1/s1. The molecule has 1 saturated heterocycles. The lowest BCUT2D eigenvalue weighted by Gasteiger charge is -2.36. The predicted molar refractivity (Wildman–Crippen MR) is 104 cm³/mol. The maximum Gasteiger partial charge on any atom is 0.573 e. The van der Waals surface area contributed by atoms with Crippen molar-refractivity contribution < 1.29 is 27.4 Å². The second-order valence-electron chi connectivity index (χ2n) is 8.47. The summed E-state index contributed by atoms with van der Waals surface area (Å²) in [5, 5.41) is 0. The fraction of sp³-hybridized carbons (Fsp3) is 0.714. The van der Waals surface area contributed by atoms with Crippen molar-refractivity contribution in [2.24, 2.45) is 17.3 Å². The summed E-state index contributed by atoms with van der Waals surface area (Å²) in [6, 6.07) is 2.46. The molecule has 2 atom stereocenters. The normalized spacial score (nSPS) is 21.1. The Morgan fingerprint density at radius 1 is 1.31 bits per heavy atom. The van der Waals surface area contributed by atoms with Crippen molar-refractivity contribution in [2.75, 3.05) is 26.7 Å². The van der Waals surface area contributed by atoms with Crippen molar-refractivity contribution in [2.45, 2.75) is 52.8 Å². The summed E-state index contributed by atoms with van der Waals surface area (Å²) in [7, 11) is 2.12. The molecule has 5 nitrogen and oxygen atoms in total. The number of Topliss-reactive ketones (excluding diaryl/α,β-unsaturated/α-hetero) is 1. The van der Waals surface area contributed by atoms with Gasteiger partial charge >= 0.3 is 6.36 Å². The number of rotatable bonds is 9. The number of hydrogen-bond donors (Lipinski definition) is 0. The number of ether oxygens (including phenoxy) is 2. The van der Waals surface area contributed by atoms with Crippen LogP contribution in [0.4, 0.5) is 13.2 Å². The Kier molecular flexibility index (Phi) is 7.91. The van der Waals surface area contributed by atoms with Gasteiger partial charge in [0.2, 0.25) is 0 Å². The van der Waals surface area contributed by atoms with Crippen LogP contribution in [-0.2, 0) is 4.79 Å². The number of aromatic nitrogens is 1. The number of nitrogens with zero attached hydrogens (tertiary/aromatic N) is 2. The molecule has 0 aromatic carbocycles. The zero-order valence-corrected chi connectivity index (χ0v) is 17.6. The van der Waals surface area contributed by atoms with E-state index in [9.17, 15) is 18.0 Å². The Morgan fingerprint density at radius 2 is 2.03 bits per heavy atom. The second kappa shape index (κ2) is 9.78. The summed E-state index contributed by atoms with van der Waals surface area (Å²) in [4.78, 5) is 18.9. The van der Waals surface area contributed by atoms with E-state index in [0.29, 0.717) is 18.3 Å². The molecule has 2 rings (SSSR count). The summed E-state index contributed by atoms with van der Waals surface area (Å²) in [6.07, 6.45) is -0.0621. The Balaban J connectivity index is 1.91. The molecule has 0 saturated carbocycles. The van der Waals surface area contributed by atoms with Crippen molar-refractivity contribution in [3.63, 3.8) is 0 Å². The molecule has 2 heterocycles. The van der Waals surface area contributed by atoms with Gasteiger partial charge in [-0.15, -0.1) is 13.2 Å². The molecule has 0 radical (unpaired) electrons. The molecule has 1 aromatic heterocycles. The number of hydrogen-bond acceptors (Lipinski definition) is 5. The molecule has 8 heteroatoms. The van der Waals surface area contributed by atoms with Crippen LogP contribution in [-0.4, -0.2) is 48.8 Å². The fourth-order valence-electron chi connectivity index (χ4n) is 3.78. The molecule has 0 amide bonds. The van der Waals surface area contributed by atoms with Gasteiger partial charge in [-0.3, -0.25) is 4.79 Å². The number of likely N-dealkylation sites (tertiary alicyclic amines) is 1. The van der Waals surface area contributed by atoms with Crippen LogP contribution in [0.15, 0.2) is 18.3 Å². The summed E-state index contributed by atoms with van der Waals surface area (Å²) in [5.74, 6) is 0.379. The molecule has 0 aliphatic carbocycles. The minimum atomic E-state index is -4.84. The third-order valence-electron chi connectivity index (χ3n) is 5.65. The summed E-state index contributed by atoms with van der Waals surface area (Å²) >= 11 is 0. The molecule has 1 fully saturated rings. The van der Waals surface area contributed by atoms with Gasteiger partial charge in [-0.1, -0.05) is 13.3 Å². The van der Waals surface area contributed by atoms with Crippen LogP contribution in [0.3, 0.4) is 0 Å². The lowest BCUT2D eigenvalue weighted by Crippen LogP contribution is -2.38. The molecule has 1 aliphatic heterocycles. The Bertz CT molecular complexity index is 679. The van der Waals surface area contributed by atoms with Crippen molar-refractivity contribution in [1.29, 1.82) is 0 Å². The van der Waals surface area contributed by atoms with Gasteiger partial charge in [0.25, 0.3) is 5.88 Å². The van der Waals surface area contributed by atoms with E-state index in [2.05, 4.69) is 28.6 Å². The molecular formula is C21H31F3N2O3. The van der Waals surface area contributed by atoms with Crippen LogP contribution in [0.25, 0.3) is 0 Å². The summed E-state index contributed by atoms with van der Waals surface area (Å²) in [6.45, 7) is 7.71. The summed E-state index contributed by atoms with van der Waals surface area (Å²) < 4.78 is 47.0. The molecule has 1 aromatic rings. The Hall–Kier alpha value is -1.83. The van der Waals surface area contributed by atoms with Gasteiger partial charge < -0.3 is 14.4 Å². The molecule has 1 aliphatic rings. The lowest BCUT2D eigenvalue weighted by atomic mass is 9.78. The number of carbonyl (C=O) groups excluding carboxylic acids is 1. The second-order valence-corrected chi connectivity index (χ2v) is 8.47. The van der Waals surface area contributed by atoms with Gasteiger partial charge in [0.1, 0.15) is 12.4 Å². The van der Waals surface area contributed by atoms with Gasteiger partial charge in [0.05, 0.1) is 5.41 Å². The number of pyridine rings is 1. The first kappa shape index (κ1) is 23.4. The number of alkyl halides is 3. The van der Waals surface area contributed by atoms with Gasteiger partial charge in [0.15, 0.2) is 5.75 Å². The van der Waals surface area contributed by atoms with Crippen molar-refractivity contribution in [3.8, 4) is 11.6 Å². The SMILES string of the molecule is CC[C@@H]1CN(C)CC[C@H]1CCC(=O)C(C)(C)COc1ncccc1OC(F)(F)F. The van der Waals surface area contributed by atoms with Crippen molar-refractivity contribution in [3.05, 3.63) is 18.3 Å². The molecule has 164 valence electrons. The monoisotopic (exact) mass is 416 g/mol. The van der Waals surface area contributed by atoms with Crippen LogP contribution in [0.1, 0.15) is 46.5 Å². The lowest BCUT2D eigenvalue weighted by molar-refractivity contribution is -0.275. The van der Waals surface area contributed by atoms with E-state index < -0.39 is 17.5 Å². The number of ketones is 1. The smallest absolute Gasteiger partial charge is 0.474 e. The number of carbonyl (C=O) groups is 1. The quantitative estimate of drug-likeness (QED) is 0.583. The minimum absolute atomic E-state index is 0.0421. The Labute approximate surface area is 170 Å². The topological polar surface area (TPSA) is 51.7 Å². The van der Waals surface area contributed by atoms with Crippen LogP contribution >= 0.6 is 0 Å². The zero-order valence-electron chi connectivity index (χ0n) is 17.6. The Morgan fingerprint density at radius 3 is 2.69 bits per heavy atom. The highest BCUT2D eigenvalue weighted by Crippen LogP contribution is 2.33. The molecule has 29 heavy (non-hydrogen) atoms. The third kappa shape index (κ3) is 7.17. The van der Waals surface area contributed by atoms with Gasteiger partial charge in [0, 0.05) is 19.2 Å². The van der Waals surface area contributed by atoms with Gasteiger partial charge in [-0.05, 0) is 64.3 Å². The van der Waals surface area contributed by atoms with E-state index in [1.165, 1.54) is 12.3 Å². The maximum absolute atomic E-state index is 12.8. The number of halogens is 3. The highest BCUT2D eigenvalue weighted by atomic mass is 19.4. The minimum Gasteiger partial charge on any atom is -0.474 e. The van der Waals surface area contributed by atoms with E-state index in [0.717, 1.165) is 38.4 Å². The van der Waals surface area contributed by atoms with Crippen LogP contribution < -0.4 is 9.47 Å². The zero-order chi connectivity index (χ0) is 21.7. The average Bonchev–Trinajstić information content (AvgIpc) is 2.64. The highest BCUT2D eigenvalue weighted by Gasteiger charge is 2.34. The van der Waals surface area contributed by atoms with E-state index in [-0.39, 0.29) is 18.3 Å². The first-order chi connectivity index (χ1) is 13.5. The molecule has 0 unspecified atom stereocenters. The van der Waals surface area contributed by atoms with Gasteiger partial charge in [-0.25, -0.2) is 4.98 Å². The van der Waals surface area contributed by atoms with Crippen molar-refractivity contribution in [1.82, 2.24) is 9.88 Å². The summed E-state index contributed by atoms with van der Waals surface area (Å²) in [5.41, 5.74) is -0.833. The number of piperidine rings is 1. The van der Waals surface area contributed by atoms with Crippen LogP contribution in [0, 0.1) is 17.3 Å². The third-order valence-corrected chi connectivity index (χ3v) is 5.65. The van der Waals surface area contributed by atoms with Gasteiger partial charge in [-0.2, -0.15) is 0 Å². The van der Waals surface area contributed by atoms with E-state index >= 15 is 0 Å². The molecule has 0 N–H and O–H groups in total. The first-order valence-corrected chi connectivity index (χ1v) is 10.1. The molecule has 0 spiro atoms. The van der Waals surface area contributed by atoms with E-state index in [1.807, 2.05) is 0 Å². The van der Waals surface area contributed by atoms with Crippen LogP contribution in [0.5, 0.6) is 11.6 Å². The maximum atomic E-state index is 12.8. The largest absolute Gasteiger partial charge is 0.573 e. The highest BCUT2D eigenvalue weighted by molar-refractivity contribution is 5.84.